The number of carbonyl (C=O) groups excluding carboxylic acids is 2. The Morgan fingerprint density at radius 3 is 2.39 bits per heavy atom. The Balaban J connectivity index is 2.15. The fraction of sp³-hybridized carbons (Fsp3) is 0.360. The van der Waals surface area contributed by atoms with Gasteiger partial charge in [0, 0.05) is 28.7 Å². The molecule has 3 rings (SSSR count). The van der Waals surface area contributed by atoms with E-state index in [1.54, 1.807) is 43.5 Å². The van der Waals surface area contributed by atoms with Crippen molar-refractivity contribution in [2.24, 2.45) is 0 Å². The summed E-state index contributed by atoms with van der Waals surface area (Å²) in [5.41, 5.74) is 1.75. The van der Waals surface area contributed by atoms with Gasteiger partial charge in [0.05, 0.1) is 18.7 Å². The monoisotopic (exact) mass is 490 g/mol. The number of Topliss-reactive ketones (excluding diaryl/α,β-unsaturated/α-hetero) is 1. The molecular weight excluding hydrogens is 463 g/mol. The van der Waals surface area contributed by atoms with Crippen LogP contribution in [-0.2, 0) is 9.59 Å². The van der Waals surface area contributed by atoms with E-state index in [4.69, 9.17) is 27.9 Å². The summed E-state index contributed by atoms with van der Waals surface area (Å²) in [5, 5.41) is 12.0. The van der Waals surface area contributed by atoms with Crippen LogP contribution in [0.5, 0.6) is 5.75 Å². The van der Waals surface area contributed by atoms with Crippen LogP contribution in [0.25, 0.3) is 5.76 Å². The molecule has 0 radical (unpaired) electrons. The van der Waals surface area contributed by atoms with Crippen molar-refractivity contribution < 1.29 is 19.4 Å². The number of rotatable bonds is 8. The first kappa shape index (κ1) is 25.1. The number of ketones is 1. The fourth-order valence-electron chi connectivity index (χ4n) is 4.13. The number of aliphatic hydroxyl groups excluding tert-OH is 1. The molecule has 1 atom stereocenters. The number of likely N-dealkylation sites (tertiary alicyclic amines) is 1. The zero-order valence-corrected chi connectivity index (χ0v) is 20.7. The number of likely N-dealkylation sites (N-methyl/N-ethyl adjacent to an activating group) is 1. The van der Waals surface area contributed by atoms with Crippen LogP contribution >= 0.6 is 23.2 Å². The zero-order valence-electron chi connectivity index (χ0n) is 19.2. The second-order valence-electron chi connectivity index (χ2n) is 7.87. The van der Waals surface area contributed by atoms with Crippen LogP contribution in [-0.4, -0.2) is 59.9 Å². The lowest BCUT2D eigenvalue weighted by Gasteiger charge is -2.28. The van der Waals surface area contributed by atoms with Gasteiger partial charge in [-0.25, -0.2) is 0 Å². The van der Waals surface area contributed by atoms with Gasteiger partial charge < -0.3 is 19.6 Å². The van der Waals surface area contributed by atoms with Gasteiger partial charge in [0.2, 0.25) is 0 Å². The Labute approximate surface area is 204 Å². The van der Waals surface area contributed by atoms with Crippen molar-refractivity contribution in [2.75, 3.05) is 33.3 Å². The first-order valence-corrected chi connectivity index (χ1v) is 11.6. The molecule has 1 aliphatic rings. The molecule has 0 bridgehead atoms. The Bertz CT molecular complexity index is 1100. The minimum atomic E-state index is -0.826. The molecule has 176 valence electrons. The Morgan fingerprint density at radius 1 is 1.12 bits per heavy atom. The summed E-state index contributed by atoms with van der Waals surface area (Å²) in [7, 11) is 1.56. The van der Waals surface area contributed by atoms with E-state index in [2.05, 4.69) is 4.90 Å². The van der Waals surface area contributed by atoms with Gasteiger partial charge in [-0.1, -0.05) is 43.1 Å². The molecule has 1 heterocycles. The lowest BCUT2D eigenvalue weighted by molar-refractivity contribution is -0.140. The first-order valence-electron chi connectivity index (χ1n) is 10.8. The molecule has 1 amide bonds. The average molecular weight is 491 g/mol. The first-order chi connectivity index (χ1) is 15.7. The SMILES string of the molecule is CCN(CC)CCN1C(=O)C(=O)/C(=C(/O)c2ccc(OC)c(C)c2)C1c1ccc(Cl)cc1Cl. The maximum absolute atomic E-state index is 13.2. The van der Waals surface area contributed by atoms with Crippen molar-refractivity contribution in [3.63, 3.8) is 0 Å². The molecule has 0 spiro atoms. The Morgan fingerprint density at radius 2 is 1.82 bits per heavy atom. The van der Waals surface area contributed by atoms with Crippen molar-refractivity contribution in [1.29, 1.82) is 0 Å². The predicted octanol–water partition coefficient (Wildman–Crippen LogP) is 5.07. The fourth-order valence-corrected chi connectivity index (χ4v) is 4.64. The van der Waals surface area contributed by atoms with Gasteiger partial charge in [0.25, 0.3) is 11.7 Å². The summed E-state index contributed by atoms with van der Waals surface area (Å²) < 4.78 is 5.29. The average Bonchev–Trinajstić information content (AvgIpc) is 3.04. The summed E-state index contributed by atoms with van der Waals surface area (Å²) in [6, 6.07) is 9.19. The standard InChI is InChI=1S/C25H28Cl2N2O4/c1-5-28(6-2)11-12-29-22(18-9-8-17(26)14-19(18)27)21(24(31)25(29)32)23(30)16-7-10-20(33-4)15(3)13-16/h7-10,13-14,22,30H,5-6,11-12H2,1-4H3/b23-21+. The summed E-state index contributed by atoms with van der Waals surface area (Å²) in [5.74, 6) is -0.995. The van der Waals surface area contributed by atoms with E-state index in [0.29, 0.717) is 40.0 Å². The number of ether oxygens (including phenoxy) is 1. The van der Waals surface area contributed by atoms with E-state index in [1.807, 2.05) is 20.8 Å². The van der Waals surface area contributed by atoms with Gasteiger partial charge >= 0.3 is 0 Å². The molecule has 2 aromatic carbocycles. The third kappa shape index (κ3) is 5.03. The largest absolute Gasteiger partial charge is 0.507 e. The number of aliphatic hydroxyl groups is 1. The van der Waals surface area contributed by atoms with Crippen molar-refractivity contribution in [2.45, 2.75) is 26.8 Å². The highest BCUT2D eigenvalue weighted by Gasteiger charge is 2.46. The van der Waals surface area contributed by atoms with E-state index in [-0.39, 0.29) is 11.3 Å². The molecule has 0 aromatic heterocycles. The van der Waals surface area contributed by atoms with Gasteiger partial charge in [-0.3, -0.25) is 9.59 Å². The maximum atomic E-state index is 13.2. The van der Waals surface area contributed by atoms with Gasteiger partial charge in [-0.2, -0.15) is 0 Å². The number of halogens is 2. The van der Waals surface area contributed by atoms with Crippen LogP contribution in [0, 0.1) is 6.92 Å². The summed E-state index contributed by atoms with van der Waals surface area (Å²) >= 11 is 12.6. The third-order valence-electron chi connectivity index (χ3n) is 6.02. The van der Waals surface area contributed by atoms with Crippen LogP contribution in [0.2, 0.25) is 10.0 Å². The van der Waals surface area contributed by atoms with E-state index < -0.39 is 17.7 Å². The van der Waals surface area contributed by atoms with Crippen LogP contribution in [0.1, 0.15) is 36.6 Å². The molecule has 0 aliphatic carbocycles. The molecule has 1 unspecified atom stereocenters. The summed E-state index contributed by atoms with van der Waals surface area (Å²) in [4.78, 5) is 29.9. The van der Waals surface area contributed by atoms with Crippen LogP contribution in [0.15, 0.2) is 42.0 Å². The lowest BCUT2D eigenvalue weighted by atomic mass is 9.94. The highest BCUT2D eigenvalue weighted by atomic mass is 35.5. The second kappa shape index (κ2) is 10.6. The molecule has 33 heavy (non-hydrogen) atoms. The summed E-state index contributed by atoms with van der Waals surface area (Å²) in [6.45, 7) is 8.45. The quantitative estimate of drug-likeness (QED) is 0.317. The number of aryl methyl sites for hydroxylation is 1. The zero-order chi connectivity index (χ0) is 24.3. The number of hydrogen-bond donors (Lipinski definition) is 1. The number of amides is 1. The smallest absolute Gasteiger partial charge is 0.295 e. The number of benzene rings is 2. The normalized spacial score (nSPS) is 17.8. The van der Waals surface area contributed by atoms with Gasteiger partial charge in [0.15, 0.2) is 0 Å². The van der Waals surface area contributed by atoms with E-state index in [9.17, 15) is 14.7 Å². The number of nitrogens with zero attached hydrogens (tertiary/aromatic N) is 2. The van der Waals surface area contributed by atoms with Crippen molar-refractivity contribution in [3.8, 4) is 5.75 Å². The summed E-state index contributed by atoms with van der Waals surface area (Å²) in [6.07, 6.45) is 0. The molecule has 1 fully saturated rings. The van der Waals surface area contributed by atoms with Gasteiger partial charge in [0.1, 0.15) is 11.5 Å². The predicted molar refractivity (Wildman–Crippen MR) is 131 cm³/mol. The minimum Gasteiger partial charge on any atom is -0.507 e. The lowest BCUT2D eigenvalue weighted by Crippen LogP contribution is -2.38. The van der Waals surface area contributed by atoms with E-state index in [1.165, 1.54) is 4.90 Å². The van der Waals surface area contributed by atoms with Crippen LogP contribution in [0.4, 0.5) is 0 Å². The molecule has 0 saturated carbocycles. The molecule has 1 N–H and O–H groups in total. The minimum absolute atomic E-state index is 0.00772. The van der Waals surface area contributed by atoms with E-state index >= 15 is 0 Å². The van der Waals surface area contributed by atoms with Crippen molar-refractivity contribution >= 4 is 40.7 Å². The topological polar surface area (TPSA) is 70.1 Å². The van der Waals surface area contributed by atoms with Crippen LogP contribution < -0.4 is 4.74 Å². The molecular formula is C25H28Cl2N2O4. The molecule has 1 saturated heterocycles. The Hall–Kier alpha value is -2.54. The van der Waals surface area contributed by atoms with E-state index in [0.717, 1.165) is 18.7 Å². The third-order valence-corrected chi connectivity index (χ3v) is 6.58. The van der Waals surface area contributed by atoms with Gasteiger partial charge in [-0.05, 0) is 61.5 Å². The Kier molecular flexibility index (Phi) is 8.05. The molecule has 1 aliphatic heterocycles. The number of hydrogen-bond acceptors (Lipinski definition) is 5. The van der Waals surface area contributed by atoms with Crippen molar-refractivity contribution in [3.05, 3.63) is 68.7 Å². The number of methoxy groups -OCH3 is 1. The molecule has 8 heteroatoms. The highest BCUT2D eigenvalue weighted by molar-refractivity contribution is 6.47. The second-order valence-corrected chi connectivity index (χ2v) is 8.71. The van der Waals surface area contributed by atoms with Crippen LogP contribution in [0.3, 0.4) is 0 Å². The number of carbonyl (C=O) groups is 2. The van der Waals surface area contributed by atoms with Gasteiger partial charge in [-0.15, -0.1) is 0 Å². The molecule has 6 nitrogen and oxygen atoms in total. The van der Waals surface area contributed by atoms with Crippen molar-refractivity contribution in [1.82, 2.24) is 9.80 Å². The molecule has 2 aromatic rings. The highest BCUT2D eigenvalue weighted by Crippen LogP contribution is 2.42. The maximum Gasteiger partial charge on any atom is 0.295 e.